The number of aromatic hydroxyl groups is 9. The standard InChI is InChI=1S/C27H24O18/c28-12-1-9(2-13(29)19(12)34)23(38)42-7-18-22(37)27(26(41)44-18,45-25(40)11-5-16(32)21(36)17(33)6-11)8-43-24(39)10-3-14(30)20(35)15(31)4-10/h1-6,18,22,26,28-37,41H,7-8H2/t18-,22-,26?,27-/m1/s1. The van der Waals surface area contributed by atoms with Gasteiger partial charge in [-0.2, -0.15) is 0 Å². The van der Waals surface area contributed by atoms with Crippen molar-refractivity contribution in [1.29, 1.82) is 0 Å². The van der Waals surface area contributed by atoms with Gasteiger partial charge in [0, 0.05) is 0 Å². The van der Waals surface area contributed by atoms with Gasteiger partial charge < -0.3 is 75.1 Å². The molecule has 240 valence electrons. The predicted molar refractivity (Wildman–Crippen MR) is 140 cm³/mol. The first kappa shape index (κ1) is 32.1. The summed E-state index contributed by atoms with van der Waals surface area (Å²) in [6.45, 7) is -2.12. The fraction of sp³-hybridized carbons (Fsp3) is 0.222. The Hall–Kier alpha value is -5.85. The molecule has 18 nitrogen and oxygen atoms in total. The van der Waals surface area contributed by atoms with Crippen LogP contribution in [0.3, 0.4) is 0 Å². The second-order valence-electron chi connectivity index (χ2n) is 9.58. The molecule has 1 fully saturated rings. The molecule has 0 spiro atoms. The number of phenols is 9. The summed E-state index contributed by atoms with van der Waals surface area (Å²) in [5, 5.41) is 109. The summed E-state index contributed by atoms with van der Waals surface area (Å²) < 4.78 is 20.5. The Balaban J connectivity index is 1.60. The van der Waals surface area contributed by atoms with Crippen LogP contribution in [-0.4, -0.2) is 111 Å². The lowest BCUT2D eigenvalue weighted by molar-refractivity contribution is -0.193. The molecule has 0 amide bonds. The lowest BCUT2D eigenvalue weighted by Gasteiger charge is -2.33. The number of aliphatic hydroxyl groups excluding tert-OH is 2. The van der Waals surface area contributed by atoms with Crippen molar-refractivity contribution >= 4 is 17.9 Å². The van der Waals surface area contributed by atoms with Gasteiger partial charge in [0.05, 0.1) is 16.7 Å². The van der Waals surface area contributed by atoms with Gasteiger partial charge in [-0.05, 0) is 36.4 Å². The molecule has 11 N–H and O–H groups in total. The van der Waals surface area contributed by atoms with Crippen LogP contribution in [0.2, 0.25) is 0 Å². The molecule has 4 atom stereocenters. The van der Waals surface area contributed by atoms with Crippen molar-refractivity contribution in [2.45, 2.75) is 24.1 Å². The Morgan fingerprint density at radius 1 is 0.600 bits per heavy atom. The van der Waals surface area contributed by atoms with Crippen LogP contribution >= 0.6 is 0 Å². The van der Waals surface area contributed by atoms with E-state index in [4.69, 9.17) is 18.9 Å². The van der Waals surface area contributed by atoms with Crippen molar-refractivity contribution in [3.8, 4) is 51.7 Å². The maximum absolute atomic E-state index is 13.0. The highest BCUT2D eigenvalue weighted by Crippen LogP contribution is 2.40. The molecule has 1 heterocycles. The minimum absolute atomic E-state index is 0.463. The van der Waals surface area contributed by atoms with E-state index < -0.39 is 124 Å². The number of rotatable bonds is 8. The first-order chi connectivity index (χ1) is 21.0. The third kappa shape index (κ3) is 6.13. The van der Waals surface area contributed by atoms with E-state index in [0.717, 1.165) is 12.1 Å². The van der Waals surface area contributed by atoms with Crippen LogP contribution < -0.4 is 0 Å². The number of hydrogen-bond donors (Lipinski definition) is 11. The SMILES string of the molecule is O=C(OC[C@H]1OC(O)[C@](COC(=O)c2cc(O)c(O)c(O)c2)(OC(=O)c2cc(O)c(O)c(O)c2)[C@@H]1O)c1cc(O)c(O)c(O)c1. The van der Waals surface area contributed by atoms with Crippen molar-refractivity contribution in [2.75, 3.05) is 13.2 Å². The second-order valence-corrected chi connectivity index (χ2v) is 9.58. The summed E-state index contributed by atoms with van der Waals surface area (Å²) in [7, 11) is 0. The van der Waals surface area contributed by atoms with Gasteiger partial charge in [-0.25, -0.2) is 14.4 Å². The molecule has 0 aromatic heterocycles. The normalized spacial score (nSPS) is 20.8. The molecular formula is C27H24O18. The van der Waals surface area contributed by atoms with Crippen LogP contribution in [-0.2, 0) is 18.9 Å². The van der Waals surface area contributed by atoms with Crippen LogP contribution in [0.15, 0.2) is 36.4 Å². The molecule has 4 rings (SSSR count). The van der Waals surface area contributed by atoms with Gasteiger partial charge in [0.1, 0.15) is 25.4 Å². The van der Waals surface area contributed by atoms with Crippen molar-refractivity contribution in [1.82, 2.24) is 0 Å². The number of phenolic OH excluding ortho intramolecular Hbond substituents is 9. The summed E-state index contributed by atoms with van der Waals surface area (Å²) in [4.78, 5) is 38.2. The van der Waals surface area contributed by atoms with Gasteiger partial charge in [-0.1, -0.05) is 0 Å². The fourth-order valence-electron chi connectivity index (χ4n) is 4.14. The van der Waals surface area contributed by atoms with E-state index in [-0.39, 0.29) is 0 Å². The Morgan fingerprint density at radius 2 is 0.956 bits per heavy atom. The molecule has 1 saturated heterocycles. The zero-order valence-corrected chi connectivity index (χ0v) is 22.4. The number of aliphatic hydroxyl groups is 2. The largest absolute Gasteiger partial charge is 0.504 e. The van der Waals surface area contributed by atoms with E-state index in [9.17, 15) is 70.6 Å². The monoisotopic (exact) mass is 636 g/mol. The average Bonchev–Trinajstić information content (AvgIpc) is 3.22. The Labute approximate surface area is 249 Å². The summed E-state index contributed by atoms with van der Waals surface area (Å²) in [5.74, 6) is -12.4. The molecule has 1 aliphatic rings. The minimum atomic E-state index is -2.73. The Bertz CT molecular complexity index is 1600. The van der Waals surface area contributed by atoms with Crippen LogP contribution in [0.1, 0.15) is 31.1 Å². The van der Waals surface area contributed by atoms with Gasteiger partial charge in [-0.3, -0.25) is 0 Å². The lowest BCUT2D eigenvalue weighted by Crippen LogP contribution is -2.56. The lowest BCUT2D eigenvalue weighted by atomic mass is 9.95. The Morgan fingerprint density at radius 3 is 1.36 bits per heavy atom. The number of esters is 3. The number of hydrogen-bond acceptors (Lipinski definition) is 18. The number of carbonyl (C=O) groups is 3. The molecule has 0 saturated carbocycles. The molecule has 0 bridgehead atoms. The molecular weight excluding hydrogens is 612 g/mol. The topological polar surface area (TPSA) is 311 Å². The molecule has 3 aromatic carbocycles. The van der Waals surface area contributed by atoms with Crippen molar-refractivity contribution in [3.05, 3.63) is 53.1 Å². The molecule has 0 aliphatic carbocycles. The molecule has 18 heteroatoms. The highest BCUT2D eigenvalue weighted by atomic mass is 16.7. The number of ether oxygens (including phenoxy) is 4. The smallest absolute Gasteiger partial charge is 0.339 e. The van der Waals surface area contributed by atoms with Crippen LogP contribution in [0.5, 0.6) is 51.7 Å². The fourth-order valence-corrected chi connectivity index (χ4v) is 4.14. The second kappa shape index (κ2) is 12.0. The van der Waals surface area contributed by atoms with Crippen molar-refractivity contribution in [2.24, 2.45) is 0 Å². The summed E-state index contributed by atoms with van der Waals surface area (Å²) >= 11 is 0. The van der Waals surface area contributed by atoms with Gasteiger partial charge >= 0.3 is 17.9 Å². The highest BCUT2D eigenvalue weighted by molar-refractivity contribution is 5.93. The van der Waals surface area contributed by atoms with Gasteiger partial charge in [0.2, 0.25) is 11.9 Å². The van der Waals surface area contributed by atoms with Crippen molar-refractivity contribution < 1.29 is 89.5 Å². The van der Waals surface area contributed by atoms with E-state index in [0.29, 0.717) is 24.3 Å². The molecule has 0 radical (unpaired) electrons. The van der Waals surface area contributed by atoms with Crippen LogP contribution in [0, 0.1) is 0 Å². The van der Waals surface area contributed by atoms with Crippen LogP contribution in [0.25, 0.3) is 0 Å². The number of carbonyl (C=O) groups excluding carboxylic acids is 3. The molecule has 1 aliphatic heterocycles. The van der Waals surface area contributed by atoms with E-state index in [1.54, 1.807) is 0 Å². The van der Waals surface area contributed by atoms with Crippen LogP contribution in [0.4, 0.5) is 0 Å². The molecule has 1 unspecified atom stereocenters. The summed E-state index contributed by atoms with van der Waals surface area (Å²) in [5.41, 5.74) is -4.38. The zero-order chi connectivity index (χ0) is 33.4. The quantitative estimate of drug-likeness (QED) is 0.0860. The van der Waals surface area contributed by atoms with E-state index in [2.05, 4.69) is 0 Å². The van der Waals surface area contributed by atoms with E-state index in [1.807, 2.05) is 0 Å². The zero-order valence-electron chi connectivity index (χ0n) is 22.4. The maximum Gasteiger partial charge on any atom is 0.339 e. The molecule has 45 heavy (non-hydrogen) atoms. The van der Waals surface area contributed by atoms with E-state index in [1.165, 1.54) is 0 Å². The Kier molecular flexibility index (Phi) is 8.58. The predicted octanol–water partition coefficient (Wildman–Crippen LogP) is -0.275. The molecule has 3 aromatic rings. The maximum atomic E-state index is 13.0. The third-order valence-electron chi connectivity index (χ3n) is 6.58. The van der Waals surface area contributed by atoms with Crippen molar-refractivity contribution in [3.63, 3.8) is 0 Å². The summed E-state index contributed by atoms with van der Waals surface area (Å²) in [6, 6.07) is 4.16. The van der Waals surface area contributed by atoms with Gasteiger partial charge in [0.15, 0.2) is 51.7 Å². The minimum Gasteiger partial charge on any atom is -0.504 e. The summed E-state index contributed by atoms with van der Waals surface area (Å²) in [6.07, 6.45) is -6.24. The first-order valence-corrected chi connectivity index (χ1v) is 12.4. The van der Waals surface area contributed by atoms with Gasteiger partial charge in [0.25, 0.3) is 0 Å². The van der Waals surface area contributed by atoms with E-state index >= 15 is 0 Å². The first-order valence-electron chi connectivity index (χ1n) is 12.4. The van der Waals surface area contributed by atoms with Gasteiger partial charge in [-0.15, -0.1) is 0 Å². The highest BCUT2D eigenvalue weighted by Gasteiger charge is 2.60. The third-order valence-corrected chi connectivity index (χ3v) is 6.58. The number of benzene rings is 3. The average molecular weight is 636 g/mol.